The Morgan fingerprint density at radius 3 is 3.24 bits per heavy atom. The standard InChI is InChI=1S/C18H20N2S/c1-2-6-14-12(4-1)10-16-17(14)19-18(21-16)15-7-9-20-8-3-5-13(15)11-20/h1-2,4,10,13,15H,3,5-9,11H2/t13-,15+/m0/s1. The molecule has 2 aliphatic heterocycles. The number of aromatic nitrogens is 1. The van der Waals surface area contributed by atoms with Gasteiger partial charge in [-0.2, -0.15) is 0 Å². The van der Waals surface area contributed by atoms with Crippen LogP contribution >= 0.6 is 11.3 Å². The van der Waals surface area contributed by atoms with Crippen LogP contribution in [0, 0.1) is 5.92 Å². The fraction of sp³-hybridized carbons (Fsp3) is 0.500. The smallest absolute Gasteiger partial charge is 0.0973 e. The summed E-state index contributed by atoms with van der Waals surface area (Å²) in [6.07, 6.45) is 14.2. The van der Waals surface area contributed by atoms with Crippen LogP contribution < -0.4 is 9.88 Å². The SMILES string of the molecule is C1=CCC2=c3nc([C@@H]4CCN5CCC[C@H]4C5)sc3=CC2=C1. The van der Waals surface area contributed by atoms with Crippen molar-refractivity contribution in [2.24, 2.45) is 5.92 Å². The van der Waals surface area contributed by atoms with Gasteiger partial charge in [0.2, 0.25) is 0 Å². The lowest BCUT2D eigenvalue weighted by atomic mass is 9.80. The molecule has 1 aromatic rings. The van der Waals surface area contributed by atoms with Crippen molar-refractivity contribution in [2.75, 3.05) is 19.6 Å². The largest absolute Gasteiger partial charge is 0.303 e. The van der Waals surface area contributed by atoms with Gasteiger partial charge >= 0.3 is 0 Å². The normalized spacial score (nSPS) is 33.2. The number of rotatable bonds is 1. The average molecular weight is 296 g/mol. The first-order valence-corrected chi connectivity index (χ1v) is 9.01. The Kier molecular flexibility index (Phi) is 2.74. The van der Waals surface area contributed by atoms with Crippen molar-refractivity contribution in [2.45, 2.75) is 31.6 Å². The second kappa shape index (κ2) is 4.65. The van der Waals surface area contributed by atoms with E-state index in [4.69, 9.17) is 4.98 Å². The predicted octanol–water partition coefficient (Wildman–Crippen LogP) is 2.17. The van der Waals surface area contributed by atoms with Gasteiger partial charge < -0.3 is 4.90 Å². The average Bonchev–Trinajstić information content (AvgIpc) is 3.05. The third-order valence-electron chi connectivity index (χ3n) is 5.51. The van der Waals surface area contributed by atoms with E-state index in [1.165, 1.54) is 64.9 Å². The van der Waals surface area contributed by atoms with Crippen LogP contribution in [0.5, 0.6) is 0 Å². The minimum absolute atomic E-state index is 0.720. The molecule has 2 saturated heterocycles. The highest BCUT2D eigenvalue weighted by molar-refractivity contribution is 7.09. The Labute approximate surface area is 129 Å². The first kappa shape index (κ1) is 12.4. The summed E-state index contributed by atoms with van der Waals surface area (Å²) in [6.45, 7) is 3.91. The van der Waals surface area contributed by atoms with E-state index in [-0.39, 0.29) is 0 Å². The van der Waals surface area contributed by atoms with Gasteiger partial charge in [0.05, 0.1) is 14.9 Å². The molecule has 108 valence electrons. The number of hydrogen-bond acceptors (Lipinski definition) is 3. The zero-order valence-corrected chi connectivity index (χ0v) is 13.0. The molecular weight excluding hydrogens is 276 g/mol. The van der Waals surface area contributed by atoms with Gasteiger partial charge in [-0.15, -0.1) is 11.3 Å². The van der Waals surface area contributed by atoms with Crippen molar-refractivity contribution >= 4 is 23.0 Å². The third kappa shape index (κ3) is 1.91. The zero-order valence-electron chi connectivity index (χ0n) is 12.2. The highest BCUT2D eigenvalue weighted by atomic mass is 32.1. The summed E-state index contributed by atoms with van der Waals surface area (Å²) in [6, 6.07) is 0. The Bertz CT molecular complexity index is 768. The summed E-state index contributed by atoms with van der Waals surface area (Å²) in [7, 11) is 0. The molecule has 0 radical (unpaired) electrons. The molecule has 0 spiro atoms. The first-order chi connectivity index (χ1) is 10.4. The minimum Gasteiger partial charge on any atom is -0.303 e. The molecule has 2 aliphatic carbocycles. The molecule has 3 heteroatoms. The number of thiazole rings is 1. The summed E-state index contributed by atoms with van der Waals surface area (Å²) < 4.78 is 1.41. The van der Waals surface area contributed by atoms with Gasteiger partial charge in [0.25, 0.3) is 0 Å². The molecular formula is C18H20N2S. The lowest BCUT2D eigenvalue weighted by Crippen LogP contribution is -2.43. The van der Waals surface area contributed by atoms with Gasteiger partial charge in [0.15, 0.2) is 0 Å². The molecule has 0 aromatic carbocycles. The Hall–Kier alpha value is -1.19. The van der Waals surface area contributed by atoms with Crippen molar-refractivity contribution < 1.29 is 0 Å². The van der Waals surface area contributed by atoms with Crippen LogP contribution in [0.2, 0.25) is 0 Å². The third-order valence-corrected chi connectivity index (χ3v) is 6.64. The van der Waals surface area contributed by atoms with E-state index in [2.05, 4.69) is 29.2 Å². The van der Waals surface area contributed by atoms with Crippen LogP contribution in [0.25, 0.3) is 11.6 Å². The summed E-state index contributed by atoms with van der Waals surface area (Å²) in [5, 5.41) is 2.72. The highest BCUT2D eigenvalue weighted by Gasteiger charge is 2.34. The van der Waals surface area contributed by atoms with Crippen LogP contribution in [0.1, 0.15) is 36.6 Å². The quantitative estimate of drug-likeness (QED) is 0.789. The van der Waals surface area contributed by atoms with Crippen LogP contribution in [0.3, 0.4) is 0 Å². The fourth-order valence-electron chi connectivity index (χ4n) is 4.41. The summed E-state index contributed by atoms with van der Waals surface area (Å²) in [5.74, 6) is 1.57. The van der Waals surface area contributed by atoms with E-state index in [9.17, 15) is 0 Å². The van der Waals surface area contributed by atoms with Gasteiger partial charge in [-0.3, -0.25) is 0 Å². The number of allylic oxidation sites excluding steroid dienone is 4. The van der Waals surface area contributed by atoms with E-state index >= 15 is 0 Å². The molecule has 21 heavy (non-hydrogen) atoms. The van der Waals surface area contributed by atoms with Crippen LogP contribution in [-0.2, 0) is 0 Å². The molecule has 1 unspecified atom stereocenters. The number of piperidine rings is 2. The molecule has 4 aliphatic rings. The fourth-order valence-corrected chi connectivity index (χ4v) is 5.69. The number of nitrogens with zero attached hydrogens (tertiary/aromatic N) is 2. The lowest BCUT2D eigenvalue weighted by molar-refractivity contribution is 0.105. The van der Waals surface area contributed by atoms with Crippen molar-refractivity contribution in [3.63, 3.8) is 0 Å². The molecule has 3 atom stereocenters. The Morgan fingerprint density at radius 1 is 1.24 bits per heavy atom. The van der Waals surface area contributed by atoms with Crippen molar-refractivity contribution in [3.8, 4) is 0 Å². The minimum atomic E-state index is 0.720. The zero-order chi connectivity index (χ0) is 13.8. The monoisotopic (exact) mass is 296 g/mol. The molecule has 0 amide bonds. The van der Waals surface area contributed by atoms with Crippen molar-refractivity contribution in [3.05, 3.63) is 38.7 Å². The molecule has 2 nitrogen and oxygen atoms in total. The molecule has 3 heterocycles. The Morgan fingerprint density at radius 2 is 2.24 bits per heavy atom. The maximum atomic E-state index is 5.10. The van der Waals surface area contributed by atoms with Crippen LogP contribution in [-0.4, -0.2) is 29.5 Å². The molecule has 2 fully saturated rings. The van der Waals surface area contributed by atoms with E-state index < -0.39 is 0 Å². The maximum Gasteiger partial charge on any atom is 0.0973 e. The highest BCUT2D eigenvalue weighted by Crippen LogP contribution is 2.38. The van der Waals surface area contributed by atoms with E-state index in [1.807, 2.05) is 11.3 Å². The maximum absolute atomic E-state index is 5.10. The van der Waals surface area contributed by atoms with Crippen LogP contribution in [0.15, 0.2) is 23.8 Å². The summed E-state index contributed by atoms with van der Waals surface area (Å²) >= 11 is 1.96. The van der Waals surface area contributed by atoms with Crippen molar-refractivity contribution in [1.82, 2.24) is 9.88 Å². The van der Waals surface area contributed by atoms with E-state index in [1.54, 1.807) is 0 Å². The van der Waals surface area contributed by atoms with Gasteiger partial charge in [-0.05, 0) is 61.9 Å². The molecule has 0 saturated carbocycles. The molecule has 5 rings (SSSR count). The summed E-state index contributed by atoms with van der Waals surface area (Å²) in [5.41, 5.74) is 2.85. The van der Waals surface area contributed by atoms with Crippen molar-refractivity contribution in [1.29, 1.82) is 0 Å². The topological polar surface area (TPSA) is 16.1 Å². The van der Waals surface area contributed by atoms with E-state index in [0.717, 1.165) is 18.3 Å². The molecule has 1 aromatic heterocycles. The van der Waals surface area contributed by atoms with Gasteiger partial charge in [0, 0.05) is 12.5 Å². The van der Waals surface area contributed by atoms with Crippen LogP contribution in [0.4, 0.5) is 0 Å². The second-order valence-corrected chi connectivity index (χ2v) is 7.80. The van der Waals surface area contributed by atoms with E-state index in [0.29, 0.717) is 0 Å². The Balaban J connectivity index is 1.55. The molecule has 0 N–H and O–H groups in total. The summed E-state index contributed by atoms with van der Waals surface area (Å²) in [4.78, 5) is 7.76. The van der Waals surface area contributed by atoms with Gasteiger partial charge in [-0.1, -0.05) is 18.2 Å². The van der Waals surface area contributed by atoms with Gasteiger partial charge in [-0.25, -0.2) is 4.98 Å². The first-order valence-electron chi connectivity index (χ1n) is 8.20. The number of hydrogen-bond donors (Lipinski definition) is 0. The van der Waals surface area contributed by atoms with Gasteiger partial charge in [0.1, 0.15) is 0 Å². The predicted molar refractivity (Wildman–Crippen MR) is 87.6 cm³/mol. The lowest BCUT2D eigenvalue weighted by Gasteiger charge is -2.41. The second-order valence-electron chi connectivity index (χ2n) is 6.74. The number of fused-ring (bicyclic) bond motifs is 4. The molecule has 2 bridgehead atoms.